The van der Waals surface area contributed by atoms with Gasteiger partial charge in [0, 0.05) is 0 Å². The average Bonchev–Trinajstić information content (AvgIpc) is 3.07. The summed E-state index contributed by atoms with van der Waals surface area (Å²) < 4.78 is 0. The lowest BCUT2D eigenvalue weighted by Crippen LogP contribution is -1.84. The summed E-state index contributed by atoms with van der Waals surface area (Å²) in [5.41, 5.74) is 9.96. The van der Waals surface area contributed by atoms with E-state index in [1.165, 1.54) is 76.8 Å². The Morgan fingerprint density at radius 1 is 0.214 bits per heavy atom. The number of rotatable bonds is 4. The van der Waals surface area contributed by atoms with Crippen LogP contribution in [0, 0.1) is 0 Å². The number of benzene rings is 8. The third-order valence-electron chi connectivity index (χ3n) is 8.44. The van der Waals surface area contributed by atoms with E-state index in [0.717, 1.165) is 0 Å². The minimum Gasteiger partial charge on any atom is -0.0622 e. The molecule has 196 valence electrons. The molecule has 42 heavy (non-hydrogen) atoms. The Morgan fingerprint density at radius 2 is 0.619 bits per heavy atom. The van der Waals surface area contributed by atoms with E-state index in [-0.39, 0.29) is 0 Å². The molecule has 0 aliphatic heterocycles. The zero-order chi connectivity index (χ0) is 27.9. The summed E-state index contributed by atoms with van der Waals surface area (Å²) >= 11 is 0. The Bertz CT molecular complexity index is 2220. The zero-order valence-electron chi connectivity index (χ0n) is 23.2. The smallest absolute Gasteiger partial charge is 0.0105 e. The van der Waals surface area contributed by atoms with Gasteiger partial charge in [0.1, 0.15) is 0 Å². The monoisotopic (exact) mass is 532 g/mol. The molecule has 0 atom stereocenters. The summed E-state index contributed by atoms with van der Waals surface area (Å²) in [7, 11) is 0. The van der Waals surface area contributed by atoms with Crippen molar-refractivity contribution in [3.05, 3.63) is 170 Å². The first-order valence-electron chi connectivity index (χ1n) is 14.5. The van der Waals surface area contributed by atoms with E-state index >= 15 is 0 Å². The molecule has 0 saturated heterocycles. The van der Waals surface area contributed by atoms with E-state index < -0.39 is 0 Å². The van der Waals surface area contributed by atoms with Crippen LogP contribution in [0.1, 0.15) is 0 Å². The first kappa shape index (κ1) is 24.3. The summed E-state index contributed by atoms with van der Waals surface area (Å²) in [6.07, 6.45) is 0. The quantitative estimate of drug-likeness (QED) is 0.211. The first-order chi connectivity index (χ1) is 20.8. The van der Waals surface area contributed by atoms with Crippen LogP contribution in [0.25, 0.3) is 76.8 Å². The molecule has 0 aliphatic rings. The lowest BCUT2D eigenvalue weighted by molar-refractivity contribution is 1.61. The molecule has 0 heteroatoms. The summed E-state index contributed by atoms with van der Waals surface area (Å²) in [5.74, 6) is 0. The van der Waals surface area contributed by atoms with Crippen molar-refractivity contribution in [1.82, 2.24) is 0 Å². The van der Waals surface area contributed by atoms with Crippen LogP contribution in [0.15, 0.2) is 170 Å². The summed E-state index contributed by atoms with van der Waals surface area (Å²) in [4.78, 5) is 0. The number of hydrogen-bond acceptors (Lipinski definition) is 0. The SMILES string of the molecule is c1ccc(-c2ccc3cc(-c4ccc(-c5ccc6cc(-c7cccc8ccccc78)ccc6c5)cc4)ccc3c2)cc1. The molecule has 0 aliphatic carbocycles. The van der Waals surface area contributed by atoms with Gasteiger partial charge in [-0.3, -0.25) is 0 Å². The molecule has 0 radical (unpaired) electrons. The topological polar surface area (TPSA) is 0 Å². The van der Waals surface area contributed by atoms with Crippen LogP contribution in [0.2, 0.25) is 0 Å². The molecule has 8 aromatic rings. The normalized spacial score (nSPS) is 11.3. The van der Waals surface area contributed by atoms with Crippen molar-refractivity contribution in [2.75, 3.05) is 0 Å². The van der Waals surface area contributed by atoms with Crippen LogP contribution in [0.5, 0.6) is 0 Å². The van der Waals surface area contributed by atoms with Crippen LogP contribution in [-0.4, -0.2) is 0 Å². The Hall–Kier alpha value is -5.46. The highest BCUT2D eigenvalue weighted by Crippen LogP contribution is 2.34. The maximum absolute atomic E-state index is 2.31. The lowest BCUT2D eigenvalue weighted by atomic mass is 9.94. The molecule has 0 unspecified atom stereocenters. The average molecular weight is 533 g/mol. The van der Waals surface area contributed by atoms with Crippen molar-refractivity contribution in [2.24, 2.45) is 0 Å². The van der Waals surface area contributed by atoms with Gasteiger partial charge in [0.05, 0.1) is 0 Å². The third kappa shape index (κ3) is 4.44. The van der Waals surface area contributed by atoms with Crippen LogP contribution in [-0.2, 0) is 0 Å². The van der Waals surface area contributed by atoms with Gasteiger partial charge < -0.3 is 0 Å². The predicted molar refractivity (Wildman–Crippen MR) is 181 cm³/mol. The highest BCUT2D eigenvalue weighted by molar-refractivity contribution is 5.99. The van der Waals surface area contributed by atoms with Gasteiger partial charge in [-0.15, -0.1) is 0 Å². The molecule has 8 aromatic carbocycles. The first-order valence-corrected chi connectivity index (χ1v) is 14.5. The van der Waals surface area contributed by atoms with Crippen LogP contribution in [0.3, 0.4) is 0 Å². The van der Waals surface area contributed by atoms with Gasteiger partial charge in [0.2, 0.25) is 0 Å². The van der Waals surface area contributed by atoms with E-state index in [1.54, 1.807) is 0 Å². The highest BCUT2D eigenvalue weighted by Gasteiger charge is 2.07. The Morgan fingerprint density at radius 3 is 1.19 bits per heavy atom. The summed E-state index contributed by atoms with van der Waals surface area (Å²) in [5, 5.41) is 7.59. The Balaban J connectivity index is 1.07. The molecule has 0 fully saturated rings. The molecule has 8 rings (SSSR count). The summed E-state index contributed by atoms with van der Waals surface area (Å²) in [6.45, 7) is 0. The number of hydrogen-bond donors (Lipinski definition) is 0. The standard InChI is InChI=1S/C42H28/c1-2-7-29(8-3-1)33-17-20-37-26-34(18-21-36(37)25-33)30-13-15-31(16-14-30)35-19-22-39-28-40(24-23-38(39)27-35)42-12-6-10-32-9-4-5-11-41(32)42/h1-28H. The fourth-order valence-electron chi connectivity index (χ4n) is 6.16. The summed E-state index contributed by atoms with van der Waals surface area (Å²) in [6, 6.07) is 61.8. The van der Waals surface area contributed by atoms with E-state index in [9.17, 15) is 0 Å². The van der Waals surface area contributed by atoms with Gasteiger partial charge >= 0.3 is 0 Å². The Labute approximate surface area is 246 Å². The third-order valence-corrected chi connectivity index (χ3v) is 8.44. The van der Waals surface area contributed by atoms with Gasteiger partial charge in [0.15, 0.2) is 0 Å². The van der Waals surface area contributed by atoms with Crippen molar-refractivity contribution >= 4 is 32.3 Å². The molecule has 0 bridgehead atoms. The minimum absolute atomic E-state index is 1.23. The van der Waals surface area contributed by atoms with Crippen LogP contribution in [0.4, 0.5) is 0 Å². The Kier molecular flexibility index (Phi) is 5.90. The molecule has 0 N–H and O–H groups in total. The maximum Gasteiger partial charge on any atom is -0.0105 e. The van der Waals surface area contributed by atoms with Crippen molar-refractivity contribution in [1.29, 1.82) is 0 Å². The van der Waals surface area contributed by atoms with Gasteiger partial charge in [0.25, 0.3) is 0 Å². The van der Waals surface area contributed by atoms with Gasteiger partial charge in [-0.05, 0) is 101 Å². The molecule has 0 saturated carbocycles. The predicted octanol–water partition coefficient (Wildman–Crippen LogP) is 11.8. The van der Waals surface area contributed by atoms with Gasteiger partial charge in [-0.25, -0.2) is 0 Å². The molecule has 0 spiro atoms. The van der Waals surface area contributed by atoms with E-state index in [4.69, 9.17) is 0 Å². The maximum atomic E-state index is 2.31. The molecular weight excluding hydrogens is 504 g/mol. The molecule has 0 nitrogen and oxygen atoms in total. The second-order valence-corrected chi connectivity index (χ2v) is 11.0. The molecule has 0 aromatic heterocycles. The van der Waals surface area contributed by atoms with Crippen molar-refractivity contribution < 1.29 is 0 Å². The number of fused-ring (bicyclic) bond motifs is 3. The van der Waals surface area contributed by atoms with E-state index in [1.807, 2.05) is 0 Å². The van der Waals surface area contributed by atoms with E-state index in [2.05, 4.69) is 170 Å². The second-order valence-electron chi connectivity index (χ2n) is 11.0. The fourth-order valence-corrected chi connectivity index (χ4v) is 6.16. The second kappa shape index (κ2) is 10.2. The van der Waals surface area contributed by atoms with Gasteiger partial charge in [-0.1, -0.05) is 146 Å². The fraction of sp³-hybridized carbons (Fsp3) is 0. The molecular formula is C42H28. The van der Waals surface area contributed by atoms with Crippen LogP contribution >= 0.6 is 0 Å². The van der Waals surface area contributed by atoms with Crippen molar-refractivity contribution in [3.63, 3.8) is 0 Å². The van der Waals surface area contributed by atoms with Crippen molar-refractivity contribution in [2.45, 2.75) is 0 Å². The molecule has 0 amide bonds. The van der Waals surface area contributed by atoms with E-state index in [0.29, 0.717) is 0 Å². The van der Waals surface area contributed by atoms with Crippen molar-refractivity contribution in [3.8, 4) is 44.5 Å². The minimum atomic E-state index is 1.23. The van der Waals surface area contributed by atoms with Crippen LogP contribution < -0.4 is 0 Å². The molecule has 0 heterocycles. The largest absolute Gasteiger partial charge is 0.0622 e. The van der Waals surface area contributed by atoms with Gasteiger partial charge in [-0.2, -0.15) is 0 Å². The lowest BCUT2D eigenvalue weighted by Gasteiger charge is -2.10. The zero-order valence-corrected chi connectivity index (χ0v) is 23.2. The highest BCUT2D eigenvalue weighted by atomic mass is 14.1.